The molecule has 5 nitrogen and oxygen atoms in total. The van der Waals surface area contributed by atoms with E-state index in [1.807, 2.05) is 37.8 Å². The first kappa shape index (κ1) is 19.4. The zero-order valence-corrected chi connectivity index (χ0v) is 15.7. The lowest BCUT2D eigenvalue weighted by Gasteiger charge is -2.43. The second kappa shape index (κ2) is 8.00. The van der Waals surface area contributed by atoms with E-state index in [0.717, 1.165) is 24.8 Å². The fraction of sp³-hybridized carbons (Fsp3) is 0.600. The van der Waals surface area contributed by atoms with E-state index in [2.05, 4.69) is 24.4 Å². The molecule has 0 saturated heterocycles. The van der Waals surface area contributed by atoms with Crippen LogP contribution in [0.15, 0.2) is 24.3 Å². The molecule has 1 saturated carbocycles. The van der Waals surface area contributed by atoms with Gasteiger partial charge in [-0.05, 0) is 50.8 Å². The lowest BCUT2D eigenvalue weighted by Crippen LogP contribution is -2.57. The predicted molar refractivity (Wildman–Crippen MR) is 98.7 cm³/mol. The quantitative estimate of drug-likeness (QED) is 0.759. The van der Waals surface area contributed by atoms with E-state index in [4.69, 9.17) is 5.11 Å². The fourth-order valence-corrected chi connectivity index (χ4v) is 3.33. The molecule has 0 bridgehead atoms. The second-order valence-corrected chi connectivity index (χ2v) is 7.43. The maximum Gasteiger partial charge on any atom is 0.317 e. The highest BCUT2D eigenvalue weighted by atomic mass is 16.4. The molecule has 25 heavy (non-hydrogen) atoms. The van der Waals surface area contributed by atoms with Gasteiger partial charge in [0.1, 0.15) is 0 Å². The van der Waals surface area contributed by atoms with E-state index < -0.39 is 11.4 Å². The molecular weight excluding hydrogens is 316 g/mol. The van der Waals surface area contributed by atoms with Gasteiger partial charge in [0, 0.05) is 12.1 Å². The number of hydrogen-bond acceptors (Lipinski definition) is 3. The Bertz CT molecular complexity index is 604. The molecule has 1 aliphatic carbocycles. The molecule has 1 aromatic carbocycles. The van der Waals surface area contributed by atoms with Crippen molar-refractivity contribution in [2.45, 2.75) is 64.5 Å². The summed E-state index contributed by atoms with van der Waals surface area (Å²) in [5.41, 5.74) is 1.70. The monoisotopic (exact) mass is 346 g/mol. The van der Waals surface area contributed by atoms with Crippen molar-refractivity contribution in [2.75, 3.05) is 13.1 Å². The van der Waals surface area contributed by atoms with Crippen LogP contribution >= 0.6 is 0 Å². The maximum absolute atomic E-state index is 12.7. The number of carbonyl (C=O) groups excluding carboxylic acids is 1. The number of hydrogen-bond donors (Lipinski definition) is 2. The molecule has 0 unspecified atom stereocenters. The summed E-state index contributed by atoms with van der Waals surface area (Å²) in [4.78, 5) is 25.6. The fourth-order valence-electron chi connectivity index (χ4n) is 3.33. The van der Waals surface area contributed by atoms with Crippen molar-refractivity contribution in [3.63, 3.8) is 0 Å². The van der Waals surface area contributed by atoms with Crippen molar-refractivity contribution in [2.24, 2.45) is 0 Å². The highest BCUT2D eigenvalue weighted by molar-refractivity contribution is 5.87. The summed E-state index contributed by atoms with van der Waals surface area (Å²) in [7, 11) is 0. The molecule has 138 valence electrons. The van der Waals surface area contributed by atoms with E-state index in [1.54, 1.807) is 0 Å². The van der Waals surface area contributed by atoms with Crippen molar-refractivity contribution in [3.8, 4) is 0 Å². The molecule has 0 heterocycles. The van der Waals surface area contributed by atoms with Gasteiger partial charge in [-0.3, -0.25) is 14.5 Å². The van der Waals surface area contributed by atoms with Gasteiger partial charge in [0.25, 0.3) is 0 Å². The van der Waals surface area contributed by atoms with Crippen LogP contribution in [0.1, 0.15) is 51.7 Å². The number of nitrogens with zero attached hydrogens (tertiary/aromatic N) is 1. The Morgan fingerprint density at radius 3 is 2.28 bits per heavy atom. The van der Waals surface area contributed by atoms with Crippen LogP contribution in [0.25, 0.3) is 0 Å². The summed E-state index contributed by atoms with van der Waals surface area (Å²) in [5.74, 6) is -0.771. The van der Waals surface area contributed by atoms with Gasteiger partial charge in [-0.2, -0.15) is 0 Å². The maximum atomic E-state index is 12.7. The largest absolute Gasteiger partial charge is 0.480 e. The minimum Gasteiger partial charge on any atom is -0.480 e. The Balaban J connectivity index is 1.90. The van der Waals surface area contributed by atoms with Gasteiger partial charge >= 0.3 is 5.97 Å². The number of amides is 1. The van der Waals surface area contributed by atoms with Gasteiger partial charge in [-0.1, -0.05) is 38.1 Å². The molecule has 0 aliphatic heterocycles. The van der Waals surface area contributed by atoms with E-state index in [1.165, 1.54) is 5.56 Å². The molecule has 0 aromatic heterocycles. The summed E-state index contributed by atoms with van der Waals surface area (Å²) in [6.45, 7) is 8.76. The number of carboxylic acids is 1. The average molecular weight is 346 g/mol. The summed E-state index contributed by atoms with van der Waals surface area (Å²) in [6.07, 6.45) is 2.62. The lowest BCUT2D eigenvalue weighted by atomic mass is 9.80. The first-order valence-corrected chi connectivity index (χ1v) is 9.14. The van der Waals surface area contributed by atoms with Gasteiger partial charge < -0.3 is 10.4 Å². The Hall–Kier alpha value is -1.88. The number of carboxylic acid groups (broad SMARTS) is 1. The Labute approximate surface area is 150 Å². The number of aliphatic carboxylic acids is 1. The molecular formula is C20H30N2O3. The van der Waals surface area contributed by atoms with Crippen molar-refractivity contribution >= 4 is 11.9 Å². The van der Waals surface area contributed by atoms with Crippen LogP contribution < -0.4 is 5.32 Å². The zero-order chi connectivity index (χ0) is 18.6. The Morgan fingerprint density at radius 2 is 1.80 bits per heavy atom. The van der Waals surface area contributed by atoms with E-state index >= 15 is 0 Å². The zero-order valence-electron chi connectivity index (χ0n) is 15.7. The van der Waals surface area contributed by atoms with Crippen LogP contribution in [-0.2, 0) is 21.4 Å². The van der Waals surface area contributed by atoms with Gasteiger partial charge in [-0.25, -0.2) is 0 Å². The van der Waals surface area contributed by atoms with E-state index in [0.29, 0.717) is 6.54 Å². The molecule has 1 aromatic rings. The number of aryl methyl sites for hydroxylation is 1. The Morgan fingerprint density at radius 1 is 1.20 bits per heavy atom. The summed E-state index contributed by atoms with van der Waals surface area (Å²) < 4.78 is 0. The Kier molecular flexibility index (Phi) is 6.22. The number of carbonyl (C=O) groups is 2. The van der Waals surface area contributed by atoms with Gasteiger partial charge in [0.15, 0.2) is 0 Å². The van der Waals surface area contributed by atoms with Crippen molar-refractivity contribution < 1.29 is 14.7 Å². The van der Waals surface area contributed by atoms with Crippen LogP contribution in [0, 0.1) is 0 Å². The summed E-state index contributed by atoms with van der Waals surface area (Å²) in [6, 6.07) is 8.61. The minimum atomic E-state index is -0.800. The summed E-state index contributed by atoms with van der Waals surface area (Å²) in [5, 5.41) is 12.1. The number of benzene rings is 1. The molecule has 0 radical (unpaired) electrons. The molecule has 1 aliphatic rings. The van der Waals surface area contributed by atoms with Crippen LogP contribution in [0.3, 0.4) is 0 Å². The molecule has 5 heteroatoms. The lowest BCUT2D eigenvalue weighted by molar-refractivity contribution is -0.140. The molecule has 1 amide bonds. The van der Waals surface area contributed by atoms with E-state index in [9.17, 15) is 9.59 Å². The predicted octanol–water partition coefficient (Wildman–Crippen LogP) is 2.58. The number of rotatable bonds is 8. The van der Waals surface area contributed by atoms with Crippen molar-refractivity contribution in [3.05, 3.63) is 35.4 Å². The molecule has 0 atom stereocenters. The normalized spacial score (nSPS) is 20.2. The minimum absolute atomic E-state index is 0.0291. The van der Waals surface area contributed by atoms with Crippen molar-refractivity contribution in [1.82, 2.24) is 10.2 Å². The molecule has 1 fully saturated rings. The van der Waals surface area contributed by atoms with Crippen LogP contribution in [0.2, 0.25) is 0 Å². The number of nitrogens with one attached hydrogen (secondary N) is 1. The van der Waals surface area contributed by atoms with E-state index in [-0.39, 0.29) is 24.5 Å². The van der Waals surface area contributed by atoms with Gasteiger partial charge in [-0.15, -0.1) is 0 Å². The molecule has 0 spiro atoms. The third-order valence-corrected chi connectivity index (χ3v) is 5.36. The first-order chi connectivity index (χ1) is 11.8. The average Bonchev–Trinajstić information content (AvgIpc) is 2.55. The third-order valence-electron chi connectivity index (χ3n) is 5.36. The van der Waals surface area contributed by atoms with Crippen LogP contribution in [0.4, 0.5) is 0 Å². The van der Waals surface area contributed by atoms with Gasteiger partial charge in [0.05, 0.1) is 12.0 Å². The second-order valence-electron chi connectivity index (χ2n) is 7.43. The molecule has 2 rings (SSSR count). The summed E-state index contributed by atoms with van der Waals surface area (Å²) >= 11 is 0. The topological polar surface area (TPSA) is 69.6 Å². The van der Waals surface area contributed by atoms with Crippen LogP contribution in [-0.4, -0.2) is 47.1 Å². The third kappa shape index (κ3) is 4.60. The smallest absolute Gasteiger partial charge is 0.317 e. The highest BCUT2D eigenvalue weighted by Gasteiger charge is 2.38. The highest BCUT2D eigenvalue weighted by Crippen LogP contribution is 2.29. The number of likely N-dealkylation sites (N-methyl/N-ethyl adjacent to an activating group) is 1. The van der Waals surface area contributed by atoms with Crippen LogP contribution in [0.5, 0.6) is 0 Å². The standard InChI is InChI=1S/C20H30N2O3/c1-5-14-7-9-15(10-8-14)20(3,4)19(25)21-16-11-17(12-16)22(6-2)13-18(23)24/h7-10,16-17H,5-6,11-13H2,1-4H3,(H,21,25)(H,23,24). The van der Waals surface area contributed by atoms with Gasteiger partial charge in [0.2, 0.25) is 5.91 Å². The first-order valence-electron chi connectivity index (χ1n) is 9.14. The molecule has 2 N–H and O–H groups in total. The van der Waals surface area contributed by atoms with Crippen molar-refractivity contribution in [1.29, 1.82) is 0 Å². The SMILES string of the molecule is CCc1ccc(C(C)(C)C(=O)NC2CC(N(CC)CC(=O)O)C2)cc1.